The van der Waals surface area contributed by atoms with E-state index in [9.17, 15) is 4.79 Å². The molecule has 5 nitrogen and oxygen atoms in total. The fraction of sp³-hybridized carbons (Fsp3) is 0.250. The van der Waals surface area contributed by atoms with Crippen LogP contribution in [0.1, 0.15) is 45.1 Å². The molecule has 0 fully saturated rings. The summed E-state index contributed by atoms with van der Waals surface area (Å²) >= 11 is 1.35. The number of nitrogen functional groups attached to an aromatic ring is 1. The van der Waals surface area contributed by atoms with Gasteiger partial charge in [-0.2, -0.15) is 0 Å². The van der Waals surface area contributed by atoms with Gasteiger partial charge in [-0.25, -0.2) is 4.98 Å². The first-order valence-electron chi connectivity index (χ1n) is 10.2. The summed E-state index contributed by atoms with van der Waals surface area (Å²) in [4.78, 5) is 19.3. The van der Waals surface area contributed by atoms with E-state index in [0.717, 1.165) is 69.9 Å². The third kappa shape index (κ3) is 3.17. The molecule has 3 aromatic heterocycles. The van der Waals surface area contributed by atoms with Crippen molar-refractivity contribution < 1.29 is 9.21 Å². The molecule has 0 saturated carbocycles. The Labute approximate surface area is 178 Å². The molecule has 1 aliphatic carbocycles. The zero-order valence-corrected chi connectivity index (χ0v) is 17.9. The lowest BCUT2D eigenvalue weighted by Gasteiger charge is -2.18. The van der Waals surface area contributed by atoms with E-state index in [4.69, 9.17) is 15.1 Å². The number of amides is 1. The number of aryl methyl sites for hydroxylation is 3. The van der Waals surface area contributed by atoms with Gasteiger partial charge in [0.15, 0.2) is 0 Å². The standard InChI is InChI=1S/C24H23N3O2S/c1-13-6-5-7-15(12-13)26-23(28)22-21(25)20-19(18-11-10-14(2)29-18)16-8-3-4-9-17(16)27-24(20)30-22/h5-7,10-12H,3-4,8-9,25H2,1-2H3,(H,26,28). The van der Waals surface area contributed by atoms with Crippen molar-refractivity contribution in [3.8, 4) is 11.3 Å². The van der Waals surface area contributed by atoms with Crippen LogP contribution in [-0.2, 0) is 12.8 Å². The van der Waals surface area contributed by atoms with Crippen LogP contribution in [0, 0.1) is 13.8 Å². The van der Waals surface area contributed by atoms with Crippen LogP contribution in [0.15, 0.2) is 40.8 Å². The minimum atomic E-state index is -0.208. The number of benzene rings is 1. The number of carbonyl (C=O) groups excluding carboxylic acids is 1. The van der Waals surface area contributed by atoms with Gasteiger partial charge < -0.3 is 15.5 Å². The van der Waals surface area contributed by atoms with Crippen molar-refractivity contribution in [2.24, 2.45) is 0 Å². The third-order valence-electron chi connectivity index (χ3n) is 5.62. The smallest absolute Gasteiger partial charge is 0.267 e. The number of nitrogens with two attached hydrogens (primary N) is 1. The summed E-state index contributed by atoms with van der Waals surface area (Å²) in [6.45, 7) is 3.93. The van der Waals surface area contributed by atoms with Gasteiger partial charge in [0.1, 0.15) is 21.2 Å². The topological polar surface area (TPSA) is 81.2 Å². The molecule has 3 N–H and O–H groups in total. The number of anilines is 2. The predicted octanol–water partition coefficient (Wildman–Crippen LogP) is 5.89. The second kappa shape index (κ2) is 7.29. The Kier molecular flexibility index (Phi) is 4.59. The van der Waals surface area contributed by atoms with E-state index in [0.29, 0.717) is 10.6 Å². The van der Waals surface area contributed by atoms with E-state index >= 15 is 0 Å². The van der Waals surface area contributed by atoms with Gasteiger partial charge in [-0.05, 0) is 74.9 Å². The highest BCUT2D eigenvalue weighted by Crippen LogP contribution is 2.44. The molecule has 0 aliphatic heterocycles. The Bertz CT molecular complexity index is 1290. The second-order valence-corrected chi connectivity index (χ2v) is 8.88. The first-order chi connectivity index (χ1) is 14.5. The maximum atomic E-state index is 13.1. The van der Waals surface area contributed by atoms with Gasteiger partial charge >= 0.3 is 0 Å². The highest BCUT2D eigenvalue weighted by molar-refractivity contribution is 7.21. The Balaban J connectivity index is 1.67. The third-order valence-corrected chi connectivity index (χ3v) is 6.72. The number of rotatable bonds is 3. The van der Waals surface area contributed by atoms with Gasteiger partial charge in [0.05, 0.1) is 5.69 Å². The van der Waals surface area contributed by atoms with Crippen molar-refractivity contribution in [2.75, 3.05) is 11.1 Å². The van der Waals surface area contributed by atoms with E-state index < -0.39 is 0 Å². The first kappa shape index (κ1) is 18.9. The van der Waals surface area contributed by atoms with Crippen molar-refractivity contribution >= 4 is 38.8 Å². The lowest BCUT2D eigenvalue weighted by molar-refractivity contribution is 0.103. The van der Waals surface area contributed by atoms with Crippen molar-refractivity contribution in [2.45, 2.75) is 39.5 Å². The van der Waals surface area contributed by atoms with E-state index in [1.165, 1.54) is 16.9 Å². The molecule has 0 bridgehead atoms. The largest absolute Gasteiger partial charge is 0.461 e. The van der Waals surface area contributed by atoms with Crippen LogP contribution in [0.4, 0.5) is 11.4 Å². The number of nitrogens with zero attached hydrogens (tertiary/aromatic N) is 1. The average molecular weight is 418 g/mol. The number of nitrogens with one attached hydrogen (secondary N) is 1. The molecule has 30 heavy (non-hydrogen) atoms. The minimum absolute atomic E-state index is 0.208. The molecule has 1 aliphatic rings. The number of fused-ring (bicyclic) bond motifs is 2. The molecule has 1 amide bonds. The Morgan fingerprint density at radius 1 is 1.17 bits per heavy atom. The Morgan fingerprint density at radius 2 is 2.00 bits per heavy atom. The number of pyridine rings is 1. The highest BCUT2D eigenvalue weighted by Gasteiger charge is 2.27. The molecule has 1 aromatic carbocycles. The minimum Gasteiger partial charge on any atom is -0.461 e. The number of hydrogen-bond acceptors (Lipinski definition) is 5. The summed E-state index contributed by atoms with van der Waals surface area (Å²) in [5.41, 5.74) is 12.2. The number of furan rings is 1. The van der Waals surface area contributed by atoms with Crippen LogP contribution >= 0.6 is 11.3 Å². The van der Waals surface area contributed by atoms with Crippen molar-refractivity contribution in [1.82, 2.24) is 4.98 Å². The SMILES string of the molecule is Cc1cccc(NC(=O)c2sc3nc4c(c(-c5ccc(C)o5)c3c2N)CCCC4)c1. The number of hydrogen-bond donors (Lipinski definition) is 2. The maximum Gasteiger partial charge on any atom is 0.267 e. The molecule has 6 heteroatoms. The molecule has 5 rings (SSSR count). The van der Waals surface area contributed by atoms with Gasteiger partial charge in [-0.3, -0.25) is 4.79 Å². The number of thiophene rings is 1. The van der Waals surface area contributed by atoms with E-state index in [1.807, 2.05) is 50.2 Å². The van der Waals surface area contributed by atoms with Crippen LogP contribution in [0.5, 0.6) is 0 Å². The van der Waals surface area contributed by atoms with Gasteiger partial charge in [-0.1, -0.05) is 12.1 Å². The molecule has 4 aromatic rings. The van der Waals surface area contributed by atoms with Crippen LogP contribution < -0.4 is 11.1 Å². The van der Waals surface area contributed by atoms with Crippen molar-refractivity contribution in [3.63, 3.8) is 0 Å². The van der Waals surface area contributed by atoms with Crippen LogP contribution in [0.2, 0.25) is 0 Å². The fourth-order valence-corrected chi connectivity index (χ4v) is 5.25. The van der Waals surface area contributed by atoms with Gasteiger partial charge in [-0.15, -0.1) is 11.3 Å². The summed E-state index contributed by atoms with van der Waals surface area (Å²) in [7, 11) is 0. The summed E-state index contributed by atoms with van der Waals surface area (Å²) < 4.78 is 6.00. The van der Waals surface area contributed by atoms with Crippen LogP contribution in [0.25, 0.3) is 21.5 Å². The lowest BCUT2D eigenvalue weighted by Crippen LogP contribution is -2.12. The predicted molar refractivity (Wildman–Crippen MR) is 122 cm³/mol. The van der Waals surface area contributed by atoms with Gasteiger partial charge in [0, 0.05) is 22.3 Å². The molecular weight excluding hydrogens is 394 g/mol. The molecule has 152 valence electrons. The van der Waals surface area contributed by atoms with Crippen molar-refractivity contribution in [1.29, 1.82) is 0 Å². The summed E-state index contributed by atoms with van der Waals surface area (Å²) in [6.07, 6.45) is 4.15. The monoisotopic (exact) mass is 417 g/mol. The first-order valence-corrected chi connectivity index (χ1v) is 11.0. The average Bonchev–Trinajstić information content (AvgIpc) is 3.29. The fourth-order valence-electron chi connectivity index (χ4n) is 4.23. The molecule has 0 unspecified atom stereocenters. The lowest BCUT2D eigenvalue weighted by atomic mass is 9.89. The quantitative estimate of drug-likeness (QED) is 0.436. The molecule has 0 atom stereocenters. The Morgan fingerprint density at radius 3 is 2.77 bits per heavy atom. The molecule has 0 radical (unpaired) electrons. The van der Waals surface area contributed by atoms with Gasteiger partial charge in [0.2, 0.25) is 0 Å². The summed E-state index contributed by atoms with van der Waals surface area (Å²) in [5.74, 6) is 1.44. The van der Waals surface area contributed by atoms with Crippen molar-refractivity contribution in [3.05, 3.63) is 63.9 Å². The van der Waals surface area contributed by atoms with Crippen LogP contribution in [-0.4, -0.2) is 10.9 Å². The molecule has 0 saturated heterocycles. The molecule has 0 spiro atoms. The second-order valence-electron chi connectivity index (χ2n) is 7.88. The summed E-state index contributed by atoms with van der Waals surface area (Å²) in [6, 6.07) is 11.7. The zero-order chi connectivity index (χ0) is 20.8. The maximum absolute atomic E-state index is 13.1. The van der Waals surface area contributed by atoms with Gasteiger partial charge in [0.25, 0.3) is 5.91 Å². The Hall–Kier alpha value is -3.12. The number of carbonyl (C=O) groups is 1. The van der Waals surface area contributed by atoms with Crippen LogP contribution in [0.3, 0.4) is 0 Å². The zero-order valence-electron chi connectivity index (χ0n) is 17.0. The van der Waals surface area contributed by atoms with E-state index in [2.05, 4.69) is 5.32 Å². The summed E-state index contributed by atoms with van der Waals surface area (Å²) in [5, 5.41) is 3.81. The molecular formula is C24H23N3O2S. The highest BCUT2D eigenvalue weighted by atomic mass is 32.1. The van der Waals surface area contributed by atoms with E-state index in [1.54, 1.807) is 0 Å². The van der Waals surface area contributed by atoms with E-state index in [-0.39, 0.29) is 5.91 Å². The number of aromatic nitrogens is 1. The molecule has 3 heterocycles. The normalized spacial score (nSPS) is 13.4.